The molecule has 1 amide bonds. The number of hydrogen-bond donors (Lipinski definition) is 1. The maximum Gasteiger partial charge on any atom is 0.410 e. The molecule has 1 aliphatic rings. The number of carbonyl (C=O) groups is 1. The van der Waals surface area contributed by atoms with E-state index in [1.807, 2.05) is 25.7 Å². The Bertz CT molecular complexity index is 432. The second-order valence-corrected chi connectivity index (χ2v) is 7.50. The van der Waals surface area contributed by atoms with E-state index in [9.17, 15) is 4.79 Å². The number of allylic oxidation sites excluding steroid dienone is 1. The minimum absolute atomic E-state index is 0.184. The van der Waals surface area contributed by atoms with E-state index in [1.165, 1.54) is 11.4 Å². The van der Waals surface area contributed by atoms with Crippen molar-refractivity contribution in [2.75, 3.05) is 26.2 Å². The van der Waals surface area contributed by atoms with Gasteiger partial charge in [0.25, 0.3) is 0 Å². The van der Waals surface area contributed by atoms with Crippen LogP contribution in [0.1, 0.15) is 67.7 Å². The fraction of sp³-hybridized carbons (Fsp3) is 0.842. The lowest BCUT2D eigenvalue weighted by Crippen LogP contribution is -2.49. The number of likely N-dealkylation sites (tertiary alicyclic amines) is 1. The molecule has 1 rings (SSSR count). The zero-order chi connectivity index (χ0) is 18.3. The van der Waals surface area contributed by atoms with Crippen molar-refractivity contribution in [3.63, 3.8) is 0 Å². The second-order valence-electron chi connectivity index (χ2n) is 7.50. The summed E-state index contributed by atoms with van der Waals surface area (Å²) in [5, 5.41) is 3.55. The van der Waals surface area contributed by atoms with E-state index in [1.54, 1.807) is 0 Å². The Morgan fingerprint density at radius 3 is 2.21 bits per heavy atom. The predicted molar refractivity (Wildman–Crippen MR) is 99.9 cm³/mol. The minimum atomic E-state index is -0.428. The number of carbonyl (C=O) groups excluding carboxylic acids is 1. The molecule has 0 radical (unpaired) electrons. The molecule has 0 aromatic carbocycles. The fourth-order valence-electron chi connectivity index (χ4n) is 3.12. The van der Waals surface area contributed by atoms with Gasteiger partial charge in [-0.25, -0.2) is 4.79 Å². The van der Waals surface area contributed by atoms with Crippen molar-refractivity contribution in [1.29, 1.82) is 0 Å². The smallest absolute Gasteiger partial charge is 0.410 e. The topological polar surface area (TPSA) is 44.8 Å². The quantitative estimate of drug-likeness (QED) is 0.795. The first kappa shape index (κ1) is 20.7. The molecular formula is C19H37N3O2. The molecule has 0 aliphatic carbocycles. The van der Waals surface area contributed by atoms with Gasteiger partial charge in [-0.1, -0.05) is 6.92 Å². The molecule has 0 atom stereocenters. The summed E-state index contributed by atoms with van der Waals surface area (Å²) in [5.41, 5.74) is 0.969. The first-order valence-corrected chi connectivity index (χ1v) is 9.41. The molecule has 5 heteroatoms. The van der Waals surface area contributed by atoms with Gasteiger partial charge in [0, 0.05) is 32.2 Å². The first-order chi connectivity index (χ1) is 11.2. The minimum Gasteiger partial charge on any atom is -0.444 e. The molecule has 1 heterocycles. The molecular weight excluding hydrogens is 302 g/mol. The van der Waals surface area contributed by atoms with Gasteiger partial charge >= 0.3 is 6.09 Å². The molecule has 1 N–H and O–H groups in total. The predicted octanol–water partition coefficient (Wildman–Crippen LogP) is 3.96. The maximum atomic E-state index is 12.2. The van der Waals surface area contributed by atoms with Crippen LogP contribution < -0.4 is 5.32 Å². The molecule has 1 fully saturated rings. The summed E-state index contributed by atoms with van der Waals surface area (Å²) in [6.45, 7) is 17.9. The van der Waals surface area contributed by atoms with Gasteiger partial charge in [-0.15, -0.1) is 0 Å². The number of piperidine rings is 1. The summed E-state index contributed by atoms with van der Waals surface area (Å²) in [5.74, 6) is 1.28. The van der Waals surface area contributed by atoms with Gasteiger partial charge in [0.15, 0.2) is 0 Å². The average Bonchev–Trinajstić information content (AvgIpc) is 2.53. The highest BCUT2D eigenvalue weighted by molar-refractivity contribution is 5.68. The summed E-state index contributed by atoms with van der Waals surface area (Å²) >= 11 is 0. The molecule has 0 saturated carbocycles. The Morgan fingerprint density at radius 2 is 1.79 bits per heavy atom. The lowest BCUT2D eigenvalue weighted by Gasteiger charge is -2.41. The van der Waals surface area contributed by atoms with Crippen LogP contribution in [0.5, 0.6) is 0 Å². The lowest BCUT2D eigenvalue weighted by molar-refractivity contribution is 0.0159. The largest absolute Gasteiger partial charge is 0.444 e. The van der Waals surface area contributed by atoms with Crippen molar-refractivity contribution in [3.05, 3.63) is 11.4 Å². The highest BCUT2D eigenvalue weighted by Crippen LogP contribution is 2.23. The molecule has 0 unspecified atom stereocenters. The monoisotopic (exact) mass is 339 g/mol. The highest BCUT2D eigenvalue weighted by atomic mass is 16.6. The van der Waals surface area contributed by atoms with Crippen LogP contribution in [0.2, 0.25) is 0 Å². The van der Waals surface area contributed by atoms with Gasteiger partial charge in [-0.2, -0.15) is 0 Å². The van der Waals surface area contributed by atoms with Crippen LogP contribution in [-0.4, -0.2) is 53.7 Å². The van der Waals surface area contributed by atoms with E-state index in [-0.39, 0.29) is 6.09 Å². The van der Waals surface area contributed by atoms with Crippen LogP contribution in [0.25, 0.3) is 0 Å². The van der Waals surface area contributed by atoms with E-state index in [2.05, 4.69) is 37.9 Å². The molecule has 5 nitrogen and oxygen atoms in total. The van der Waals surface area contributed by atoms with Crippen LogP contribution in [0.4, 0.5) is 4.79 Å². The van der Waals surface area contributed by atoms with Gasteiger partial charge in [0.1, 0.15) is 11.4 Å². The maximum absolute atomic E-state index is 12.2. The summed E-state index contributed by atoms with van der Waals surface area (Å²) in [7, 11) is 0. The van der Waals surface area contributed by atoms with Crippen LogP contribution in [0.3, 0.4) is 0 Å². The Morgan fingerprint density at radius 1 is 1.21 bits per heavy atom. The summed E-state index contributed by atoms with van der Waals surface area (Å²) in [6.07, 6.45) is 2.84. The molecule has 0 bridgehead atoms. The van der Waals surface area contributed by atoms with Crippen molar-refractivity contribution < 1.29 is 9.53 Å². The Hall–Kier alpha value is -1.39. The summed E-state index contributed by atoms with van der Waals surface area (Å²) in [6, 6.07) is 0.476. The number of nitrogens with one attached hydrogen (secondary N) is 1. The van der Waals surface area contributed by atoms with Crippen molar-refractivity contribution >= 4 is 6.09 Å². The molecule has 1 aliphatic heterocycles. The van der Waals surface area contributed by atoms with Gasteiger partial charge < -0.3 is 19.9 Å². The summed E-state index contributed by atoms with van der Waals surface area (Å²) < 4.78 is 5.49. The van der Waals surface area contributed by atoms with E-state index >= 15 is 0 Å². The highest BCUT2D eigenvalue weighted by Gasteiger charge is 2.30. The van der Waals surface area contributed by atoms with E-state index < -0.39 is 5.60 Å². The number of nitrogens with zero attached hydrogens (tertiary/aromatic N) is 2. The zero-order valence-corrected chi connectivity index (χ0v) is 16.7. The molecule has 0 aromatic rings. The van der Waals surface area contributed by atoms with Gasteiger partial charge in [-0.3, -0.25) is 0 Å². The number of ether oxygens (including phenoxy) is 1. The lowest BCUT2D eigenvalue weighted by atomic mass is 10.0. The van der Waals surface area contributed by atoms with Gasteiger partial charge in [0.05, 0.1) is 0 Å². The third kappa shape index (κ3) is 5.91. The van der Waals surface area contributed by atoms with Crippen molar-refractivity contribution in [1.82, 2.24) is 15.1 Å². The first-order valence-electron chi connectivity index (χ1n) is 9.41. The second kappa shape index (κ2) is 9.19. The van der Waals surface area contributed by atoms with Crippen LogP contribution in [0.15, 0.2) is 11.4 Å². The van der Waals surface area contributed by atoms with E-state index in [4.69, 9.17) is 4.74 Å². The number of rotatable bonds is 6. The third-order valence-electron chi connectivity index (χ3n) is 4.46. The fourth-order valence-corrected chi connectivity index (χ4v) is 3.12. The Labute approximate surface area is 148 Å². The summed E-state index contributed by atoms with van der Waals surface area (Å²) in [4.78, 5) is 16.5. The Balaban J connectivity index is 2.72. The molecule has 1 saturated heterocycles. The SMILES string of the molecule is CCN/C(=C(/C)CC)N(CC)C1CCN(C(=O)OC(C)(C)C)CC1. The molecule has 0 aromatic heterocycles. The van der Waals surface area contributed by atoms with Gasteiger partial charge in [0.2, 0.25) is 0 Å². The molecule has 24 heavy (non-hydrogen) atoms. The van der Waals surface area contributed by atoms with Gasteiger partial charge in [-0.05, 0) is 66.4 Å². The van der Waals surface area contributed by atoms with Crippen LogP contribution in [0, 0.1) is 0 Å². The number of amides is 1. The average molecular weight is 340 g/mol. The zero-order valence-electron chi connectivity index (χ0n) is 16.7. The molecule has 0 spiro atoms. The van der Waals surface area contributed by atoms with Crippen molar-refractivity contribution in [3.8, 4) is 0 Å². The van der Waals surface area contributed by atoms with Crippen LogP contribution in [-0.2, 0) is 4.74 Å². The number of hydrogen-bond acceptors (Lipinski definition) is 4. The van der Waals surface area contributed by atoms with E-state index in [0.29, 0.717) is 6.04 Å². The normalized spacial score (nSPS) is 17.4. The van der Waals surface area contributed by atoms with E-state index in [0.717, 1.165) is 45.4 Å². The van der Waals surface area contributed by atoms with Crippen molar-refractivity contribution in [2.24, 2.45) is 0 Å². The molecule has 140 valence electrons. The van der Waals surface area contributed by atoms with Crippen molar-refractivity contribution in [2.45, 2.75) is 79.4 Å². The van der Waals surface area contributed by atoms with Crippen LogP contribution >= 0.6 is 0 Å². The third-order valence-corrected chi connectivity index (χ3v) is 4.46. The Kier molecular flexibility index (Phi) is 7.91. The standard InChI is InChI=1S/C19H37N3O2/c1-8-15(4)17(20-9-2)22(10-3)16-11-13-21(14-12-16)18(23)24-19(5,6)7/h16,20H,8-14H2,1-7H3/b17-15+.